The average Bonchev–Trinajstić information content (AvgIpc) is 3.35. The van der Waals surface area contributed by atoms with Crippen molar-refractivity contribution in [2.75, 3.05) is 29.9 Å². The van der Waals surface area contributed by atoms with Crippen LogP contribution < -0.4 is 14.9 Å². The van der Waals surface area contributed by atoms with E-state index in [0.717, 1.165) is 12.8 Å². The first kappa shape index (κ1) is 23.9. The number of benzene rings is 2. The second-order valence-electron chi connectivity index (χ2n) is 8.05. The van der Waals surface area contributed by atoms with Gasteiger partial charge in [-0.25, -0.2) is 17.9 Å². The van der Waals surface area contributed by atoms with Crippen molar-refractivity contribution in [3.05, 3.63) is 54.1 Å². The van der Waals surface area contributed by atoms with Crippen LogP contribution in [0.25, 0.3) is 0 Å². The number of carbonyl (C=O) groups is 3. The van der Waals surface area contributed by atoms with Gasteiger partial charge in [-0.1, -0.05) is 18.2 Å². The maximum Gasteiger partial charge on any atom is 0.338 e. The van der Waals surface area contributed by atoms with Crippen molar-refractivity contribution < 1.29 is 32.3 Å². The Morgan fingerprint density at radius 2 is 2.03 bits per heavy atom. The molecular formula is C23H25N3O7S. The van der Waals surface area contributed by atoms with Crippen LogP contribution in [0.4, 0.5) is 11.4 Å². The number of rotatable bonds is 7. The van der Waals surface area contributed by atoms with Crippen LogP contribution in [0.2, 0.25) is 0 Å². The fraction of sp³-hybridized carbons (Fsp3) is 0.348. The molecule has 34 heavy (non-hydrogen) atoms. The van der Waals surface area contributed by atoms with Crippen molar-refractivity contribution in [1.29, 1.82) is 0 Å². The van der Waals surface area contributed by atoms with E-state index < -0.39 is 28.0 Å². The Balaban J connectivity index is 1.43. The van der Waals surface area contributed by atoms with Gasteiger partial charge in [-0.3, -0.25) is 14.5 Å². The number of esters is 1. The van der Waals surface area contributed by atoms with Crippen molar-refractivity contribution in [2.45, 2.75) is 36.9 Å². The summed E-state index contributed by atoms with van der Waals surface area (Å²) in [4.78, 5) is 38.8. The summed E-state index contributed by atoms with van der Waals surface area (Å²) in [6, 6.07) is 12.2. The third kappa shape index (κ3) is 5.27. The van der Waals surface area contributed by atoms with E-state index in [1.165, 1.54) is 36.1 Å². The van der Waals surface area contributed by atoms with Crippen molar-refractivity contribution in [3.63, 3.8) is 0 Å². The molecule has 1 fully saturated rings. The van der Waals surface area contributed by atoms with Crippen LogP contribution in [0, 0.1) is 0 Å². The number of hydrogen-bond donors (Lipinski definition) is 2. The quantitative estimate of drug-likeness (QED) is 0.568. The zero-order valence-corrected chi connectivity index (χ0v) is 19.3. The van der Waals surface area contributed by atoms with E-state index in [4.69, 9.17) is 9.47 Å². The molecule has 2 aromatic rings. The second-order valence-corrected chi connectivity index (χ2v) is 9.82. The van der Waals surface area contributed by atoms with Crippen LogP contribution in [0.15, 0.2) is 53.4 Å². The Bertz CT molecular complexity index is 1210. The Kier molecular flexibility index (Phi) is 6.96. The van der Waals surface area contributed by atoms with Crippen LogP contribution in [-0.4, -0.2) is 58.1 Å². The number of para-hydroxylation sites is 2. The van der Waals surface area contributed by atoms with Gasteiger partial charge in [0, 0.05) is 13.2 Å². The lowest BCUT2D eigenvalue weighted by molar-refractivity contribution is -0.128. The molecule has 1 saturated heterocycles. The lowest BCUT2D eigenvalue weighted by Gasteiger charge is -2.30. The van der Waals surface area contributed by atoms with Gasteiger partial charge in [-0.2, -0.15) is 0 Å². The minimum absolute atomic E-state index is 0.0172. The Morgan fingerprint density at radius 3 is 2.79 bits per heavy atom. The Hall–Kier alpha value is -3.28. The molecule has 2 N–H and O–H groups in total. The van der Waals surface area contributed by atoms with Crippen molar-refractivity contribution in [3.8, 4) is 0 Å². The molecule has 10 nitrogen and oxygen atoms in total. The first-order chi connectivity index (χ1) is 16.2. The monoisotopic (exact) mass is 487 g/mol. The van der Waals surface area contributed by atoms with Crippen molar-refractivity contribution in [1.82, 2.24) is 4.72 Å². The summed E-state index contributed by atoms with van der Waals surface area (Å²) in [6.07, 6.45) is 0.295. The number of anilines is 2. The summed E-state index contributed by atoms with van der Waals surface area (Å²) >= 11 is 0. The van der Waals surface area contributed by atoms with E-state index in [2.05, 4.69) is 10.0 Å². The van der Waals surface area contributed by atoms with Gasteiger partial charge in [0.25, 0.3) is 5.91 Å². The highest BCUT2D eigenvalue weighted by molar-refractivity contribution is 7.89. The van der Waals surface area contributed by atoms with E-state index in [0.29, 0.717) is 18.0 Å². The van der Waals surface area contributed by atoms with Gasteiger partial charge in [0.1, 0.15) is 6.54 Å². The maximum absolute atomic E-state index is 13.0. The van der Waals surface area contributed by atoms with Crippen LogP contribution in [0.5, 0.6) is 0 Å². The molecular weight excluding hydrogens is 462 g/mol. The first-order valence-corrected chi connectivity index (χ1v) is 12.4. The van der Waals surface area contributed by atoms with E-state index in [-0.39, 0.29) is 35.6 Å². The summed E-state index contributed by atoms with van der Waals surface area (Å²) in [5.74, 6) is -1.79. The fourth-order valence-corrected chi connectivity index (χ4v) is 4.92. The normalized spacial score (nSPS) is 18.7. The standard InChI is InChI=1S/C23H25N3O7S/c1-15(22(28)26-14-21(27)25-19-9-2-3-10-20(19)26)33-23(29)16-6-4-8-18(12-16)34(30,31)24-13-17-7-5-11-32-17/h2-4,6,8-10,12,15,17,24H,5,7,11,13-14H2,1H3,(H,25,27)/t15-,17+/m0/s1. The van der Waals surface area contributed by atoms with Gasteiger partial charge in [0.15, 0.2) is 6.10 Å². The number of amides is 2. The number of ether oxygens (including phenoxy) is 2. The number of fused-ring (bicyclic) bond motifs is 1. The molecule has 0 spiro atoms. The predicted molar refractivity (Wildman–Crippen MR) is 123 cm³/mol. The van der Waals surface area contributed by atoms with Crippen molar-refractivity contribution in [2.24, 2.45) is 0 Å². The molecule has 180 valence electrons. The van der Waals surface area contributed by atoms with Gasteiger partial charge < -0.3 is 14.8 Å². The highest BCUT2D eigenvalue weighted by Crippen LogP contribution is 2.29. The largest absolute Gasteiger partial charge is 0.449 e. The van der Waals surface area contributed by atoms with Crippen LogP contribution in [0.1, 0.15) is 30.1 Å². The third-order valence-corrected chi connectivity index (χ3v) is 6.99. The lowest BCUT2D eigenvalue weighted by Crippen LogP contribution is -2.47. The van der Waals surface area contributed by atoms with Crippen LogP contribution in [-0.2, 0) is 29.1 Å². The van der Waals surface area contributed by atoms with E-state index in [1.54, 1.807) is 24.3 Å². The zero-order valence-electron chi connectivity index (χ0n) is 18.5. The molecule has 0 radical (unpaired) electrons. The Morgan fingerprint density at radius 1 is 1.24 bits per heavy atom. The summed E-state index contributed by atoms with van der Waals surface area (Å²) in [5, 5.41) is 2.69. The number of nitrogens with one attached hydrogen (secondary N) is 2. The summed E-state index contributed by atoms with van der Waals surface area (Å²) in [6.45, 7) is 1.95. The minimum Gasteiger partial charge on any atom is -0.449 e. The van der Waals surface area contributed by atoms with Gasteiger partial charge >= 0.3 is 5.97 Å². The molecule has 11 heteroatoms. The smallest absolute Gasteiger partial charge is 0.338 e. The van der Waals surface area contributed by atoms with Crippen molar-refractivity contribution >= 4 is 39.2 Å². The molecule has 2 aliphatic rings. The number of carbonyl (C=O) groups excluding carboxylic acids is 3. The summed E-state index contributed by atoms with van der Waals surface area (Å²) in [5.41, 5.74) is 0.968. The highest BCUT2D eigenvalue weighted by Gasteiger charge is 2.31. The lowest BCUT2D eigenvalue weighted by atomic mass is 10.1. The topological polar surface area (TPSA) is 131 Å². The van der Waals surface area contributed by atoms with Gasteiger partial charge in [0.05, 0.1) is 27.9 Å². The molecule has 0 unspecified atom stereocenters. The third-order valence-electron chi connectivity index (χ3n) is 5.57. The zero-order chi connectivity index (χ0) is 24.3. The number of sulfonamides is 1. The highest BCUT2D eigenvalue weighted by atomic mass is 32.2. The molecule has 2 heterocycles. The van der Waals surface area contributed by atoms with E-state index in [1.807, 2.05) is 0 Å². The van der Waals surface area contributed by atoms with E-state index in [9.17, 15) is 22.8 Å². The fourth-order valence-electron chi connectivity index (χ4n) is 3.81. The molecule has 2 amide bonds. The molecule has 0 saturated carbocycles. The molecule has 2 atom stereocenters. The number of nitrogens with zero attached hydrogens (tertiary/aromatic N) is 1. The minimum atomic E-state index is -3.86. The molecule has 0 bridgehead atoms. The maximum atomic E-state index is 13.0. The van der Waals surface area contributed by atoms with E-state index >= 15 is 0 Å². The molecule has 2 aliphatic heterocycles. The molecule has 0 aromatic heterocycles. The van der Waals surface area contributed by atoms with Gasteiger partial charge in [-0.05, 0) is 50.1 Å². The first-order valence-electron chi connectivity index (χ1n) is 10.9. The Labute approximate surface area is 197 Å². The second kappa shape index (κ2) is 9.92. The van der Waals surface area contributed by atoms with Gasteiger partial charge in [0.2, 0.25) is 15.9 Å². The SMILES string of the molecule is C[C@H](OC(=O)c1cccc(S(=O)(=O)NC[C@H]2CCCO2)c1)C(=O)N1CC(=O)Nc2ccccc21. The van der Waals surface area contributed by atoms with Crippen LogP contribution >= 0.6 is 0 Å². The number of hydrogen-bond acceptors (Lipinski definition) is 7. The summed E-state index contributed by atoms with van der Waals surface area (Å²) in [7, 11) is -3.86. The molecule has 4 rings (SSSR count). The molecule has 2 aromatic carbocycles. The van der Waals surface area contributed by atoms with Crippen LogP contribution in [0.3, 0.4) is 0 Å². The van der Waals surface area contributed by atoms with Gasteiger partial charge in [-0.15, -0.1) is 0 Å². The predicted octanol–water partition coefficient (Wildman–Crippen LogP) is 1.67. The average molecular weight is 488 g/mol. The molecule has 0 aliphatic carbocycles. The summed E-state index contributed by atoms with van der Waals surface area (Å²) < 4.78 is 38.5.